The Morgan fingerprint density at radius 3 is 2.65 bits per heavy atom. The van der Waals surface area contributed by atoms with Gasteiger partial charge in [-0.05, 0) is 11.6 Å². The second-order valence-electron chi connectivity index (χ2n) is 4.25. The molecule has 0 saturated carbocycles. The van der Waals surface area contributed by atoms with Gasteiger partial charge in [0.2, 0.25) is 5.28 Å². The van der Waals surface area contributed by atoms with Crippen molar-refractivity contribution in [2.24, 2.45) is 10.6 Å². The first-order valence-electron chi connectivity index (χ1n) is 4.89. The molecule has 7 nitrogen and oxygen atoms in total. The summed E-state index contributed by atoms with van der Waals surface area (Å²) < 4.78 is 1.37. The predicted molar refractivity (Wildman–Crippen MR) is 62.9 cm³/mol. The van der Waals surface area contributed by atoms with Crippen molar-refractivity contribution in [3.05, 3.63) is 11.6 Å². The summed E-state index contributed by atoms with van der Waals surface area (Å²) in [5, 5.41) is 10.1. The molecule has 0 radical (unpaired) electrons. The first-order chi connectivity index (χ1) is 7.84. The molecular weight excluding hydrogens is 246 g/mol. The Hall–Kier alpha value is -1.63. The van der Waals surface area contributed by atoms with E-state index in [9.17, 15) is 4.79 Å². The number of carbonyl (C=O) groups excluding carboxylic acids is 1. The largest absolute Gasteiger partial charge is 0.433 e. The number of amides is 1. The first kappa shape index (κ1) is 13.4. The van der Waals surface area contributed by atoms with Crippen LogP contribution in [0.15, 0.2) is 11.5 Å². The summed E-state index contributed by atoms with van der Waals surface area (Å²) in [5.41, 5.74) is -0.384. The van der Waals surface area contributed by atoms with Gasteiger partial charge in [-0.15, -0.1) is 5.10 Å². The fourth-order valence-electron chi connectivity index (χ4n) is 0.998. The summed E-state index contributed by atoms with van der Waals surface area (Å²) in [6, 6.07) is 0. The van der Waals surface area contributed by atoms with Gasteiger partial charge in [0.15, 0.2) is 5.84 Å². The topological polar surface area (TPSA) is 81.4 Å². The zero-order chi connectivity index (χ0) is 13.1. The highest BCUT2D eigenvalue weighted by molar-refractivity contribution is 6.28. The molecular formula is C9H14ClN5O2. The molecule has 0 spiro atoms. The Morgan fingerprint density at radius 2 is 2.24 bits per heavy atom. The number of rotatable bonds is 1. The average molecular weight is 260 g/mol. The van der Waals surface area contributed by atoms with Crippen molar-refractivity contribution in [2.75, 3.05) is 7.05 Å². The fraction of sp³-hybridized carbons (Fsp3) is 0.556. The van der Waals surface area contributed by atoms with E-state index in [1.807, 2.05) is 20.8 Å². The van der Waals surface area contributed by atoms with Crippen LogP contribution in [0.5, 0.6) is 0 Å². The summed E-state index contributed by atoms with van der Waals surface area (Å²) >= 11 is 5.63. The maximum atomic E-state index is 11.0. The molecule has 0 fully saturated rings. The fourth-order valence-corrected chi connectivity index (χ4v) is 1.12. The maximum Gasteiger partial charge on any atom is 0.433 e. The minimum Gasteiger partial charge on any atom is -0.323 e. The number of hydrogen-bond acceptors (Lipinski definition) is 5. The number of halogens is 1. The molecule has 94 valence electrons. The monoisotopic (exact) mass is 259 g/mol. The zero-order valence-electron chi connectivity index (χ0n) is 10.1. The van der Waals surface area contributed by atoms with E-state index in [2.05, 4.69) is 25.4 Å². The quantitative estimate of drug-likeness (QED) is 0.359. The van der Waals surface area contributed by atoms with Crippen molar-refractivity contribution < 1.29 is 9.63 Å². The third-order valence-electron chi connectivity index (χ3n) is 1.77. The van der Waals surface area contributed by atoms with E-state index in [1.165, 1.54) is 18.1 Å². The van der Waals surface area contributed by atoms with Crippen LogP contribution in [-0.2, 0) is 4.84 Å². The first-order valence-corrected chi connectivity index (χ1v) is 5.27. The lowest BCUT2D eigenvalue weighted by Crippen LogP contribution is -2.30. The standard InChI is InChI=1S/C9H14ClN5O2/c1-9(2,3)6(14-17-8(16)11-4)15-5-12-7(10)13-15/h5H,1-4H3,(H,11,16). The Kier molecular flexibility index (Phi) is 4.06. The van der Waals surface area contributed by atoms with Crippen molar-refractivity contribution in [2.45, 2.75) is 20.8 Å². The van der Waals surface area contributed by atoms with Crippen molar-refractivity contribution in [1.29, 1.82) is 0 Å². The van der Waals surface area contributed by atoms with Crippen LogP contribution in [-0.4, -0.2) is 33.7 Å². The number of nitrogens with zero attached hydrogens (tertiary/aromatic N) is 4. The Balaban J connectivity index is 3.01. The summed E-state index contributed by atoms with van der Waals surface area (Å²) in [4.78, 5) is 19.4. The molecule has 0 aliphatic carbocycles. The minimum atomic E-state index is -0.655. The maximum absolute atomic E-state index is 11.0. The normalized spacial score (nSPS) is 12.4. The molecule has 0 bridgehead atoms. The van der Waals surface area contributed by atoms with Gasteiger partial charge in [-0.3, -0.25) is 4.84 Å². The lowest BCUT2D eigenvalue weighted by molar-refractivity contribution is 0.151. The van der Waals surface area contributed by atoms with Crippen LogP contribution in [0, 0.1) is 5.41 Å². The number of carbonyl (C=O) groups is 1. The van der Waals surface area contributed by atoms with E-state index in [0.29, 0.717) is 5.84 Å². The van der Waals surface area contributed by atoms with Crippen molar-refractivity contribution in [3.8, 4) is 0 Å². The lowest BCUT2D eigenvalue weighted by Gasteiger charge is -2.19. The van der Waals surface area contributed by atoms with Crippen molar-refractivity contribution >= 4 is 23.5 Å². The highest BCUT2D eigenvalue weighted by Crippen LogP contribution is 2.17. The predicted octanol–water partition coefficient (Wildman–Crippen LogP) is 1.50. The second kappa shape index (κ2) is 5.13. The smallest absolute Gasteiger partial charge is 0.323 e. The zero-order valence-corrected chi connectivity index (χ0v) is 10.8. The van der Waals surface area contributed by atoms with Gasteiger partial charge in [-0.1, -0.05) is 25.9 Å². The van der Waals surface area contributed by atoms with E-state index >= 15 is 0 Å². The van der Waals surface area contributed by atoms with Gasteiger partial charge in [0.1, 0.15) is 6.33 Å². The Bertz CT molecular complexity index is 435. The number of hydrogen-bond donors (Lipinski definition) is 1. The van der Waals surface area contributed by atoms with E-state index in [1.54, 1.807) is 0 Å². The van der Waals surface area contributed by atoms with E-state index in [0.717, 1.165) is 0 Å². The van der Waals surface area contributed by atoms with Crippen LogP contribution in [0.25, 0.3) is 0 Å². The van der Waals surface area contributed by atoms with E-state index in [-0.39, 0.29) is 10.7 Å². The molecule has 8 heteroatoms. The third-order valence-corrected chi connectivity index (χ3v) is 1.94. The number of nitrogens with one attached hydrogen (secondary N) is 1. The summed E-state index contributed by atoms with van der Waals surface area (Å²) in [6.45, 7) is 5.69. The third kappa shape index (κ3) is 3.70. The second-order valence-corrected chi connectivity index (χ2v) is 4.59. The molecule has 0 unspecified atom stereocenters. The molecule has 1 N–H and O–H groups in total. The summed E-state index contributed by atoms with van der Waals surface area (Å²) in [5.74, 6) is 0.417. The molecule has 1 heterocycles. The van der Waals surface area contributed by atoms with Crippen LogP contribution in [0.1, 0.15) is 20.8 Å². The van der Waals surface area contributed by atoms with Gasteiger partial charge in [-0.25, -0.2) is 14.5 Å². The van der Waals surface area contributed by atoms with Crippen LogP contribution in [0.2, 0.25) is 5.28 Å². The Labute approximate surface area is 104 Å². The highest BCUT2D eigenvalue weighted by atomic mass is 35.5. The van der Waals surface area contributed by atoms with Gasteiger partial charge in [0.05, 0.1) is 0 Å². The SMILES string of the molecule is CNC(=O)ON=C(n1cnc(Cl)n1)C(C)(C)C. The van der Waals surface area contributed by atoms with Gasteiger partial charge in [-0.2, -0.15) is 0 Å². The van der Waals surface area contributed by atoms with Crippen LogP contribution in [0.3, 0.4) is 0 Å². The van der Waals surface area contributed by atoms with Crippen LogP contribution in [0.4, 0.5) is 4.79 Å². The molecule has 17 heavy (non-hydrogen) atoms. The van der Waals surface area contributed by atoms with E-state index < -0.39 is 6.09 Å². The summed E-state index contributed by atoms with van der Waals surface area (Å²) in [7, 11) is 1.45. The van der Waals surface area contributed by atoms with E-state index in [4.69, 9.17) is 11.6 Å². The molecule has 0 aliphatic rings. The molecule has 0 aliphatic heterocycles. The van der Waals surface area contributed by atoms with Crippen LogP contribution >= 0.6 is 11.6 Å². The molecule has 1 aromatic rings. The Morgan fingerprint density at radius 1 is 1.59 bits per heavy atom. The molecule has 1 rings (SSSR count). The molecule has 1 aromatic heterocycles. The molecule has 0 saturated heterocycles. The minimum absolute atomic E-state index is 0.0990. The van der Waals surface area contributed by atoms with Crippen molar-refractivity contribution in [3.63, 3.8) is 0 Å². The average Bonchev–Trinajstić information content (AvgIpc) is 2.62. The molecule has 0 atom stereocenters. The van der Waals surface area contributed by atoms with Crippen LogP contribution < -0.4 is 5.32 Å². The van der Waals surface area contributed by atoms with Gasteiger partial charge in [0, 0.05) is 12.5 Å². The van der Waals surface area contributed by atoms with Gasteiger partial charge >= 0.3 is 6.09 Å². The molecule has 1 amide bonds. The number of aromatic nitrogens is 3. The molecule has 0 aromatic carbocycles. The van der Waals surface area contributed by atoms with Gasteiger partial charge in [0.25, 0.3) is 0 Å². The van der Waals surface area contributed by atoms with Gasteiger partial charge < -0.3 is 5.32 Å². The number of oxime groups is 1. The highest BCUT2D eigenvalue weighted by Gasteiger charge is 2.23. The van der Waals surface area contributed by atoms with Crippen molar-refractivity contribution in [1.82, 2.24) is 20.1 Å². The lowest BCUT2D eigenvalue weighted by atomic mass is 9.95. The summed E-state index contributed by atoms with van der Waals surface area (Å²) in [6.07, 6.45) is 0.748.